The molecule has 0 saturated heterocycles. The second-order valence-corrected chi connectivity index (χ2v) is 4.18. The van der Waals surface area contributed by atoms with E-state index in [2.05, 4.69) is 10.2 Å². The van der Waals surface area contributed by atoms with Gasteiger partial charge in [0.25, 0.3) is 0 Å². The van der Waals surface area contributed by atoms with Gasteiger partial charge in [0.1, 0.15) is 17.2 Å². The van der Waals surface area contributed by atoms with Crippen molar-refractivity contribution in [2.75, 3.05) is 14.2 Å². The maximum Gasteiger partial charge on any atom is 0.128 e. The highest BCUT2D eigenvalue weighted by Gasteiger charge is 2.13. The number of para-hydroxylation sites is 1. The summed E-state index contributed by atoms with van der Waals surface area (Å²) in [6, 6.07) is 13.7. The van der Waals surface area contributed by atoms with E-state index in [0.29, 0.717) is 0 Å². The Morgan fingerprint density at radius 2 is 1.84 bits per heavy atom. The van der Waals surface area contributed by atoms with Crippen molar-refractivity contribution < 1.29 is 9.47 Å². The van der Waals surface area contributed by atoms with Crippen molar-refractivity contribution in [1.29, 1.82) is 0 Å². The van der Waals surface area contributed by atoms with Gasteiger partial charge in [-0.05, 0) is 24.3 Å². The van der Waals surface area contributed by atoms with Crippen LogP contribution < -0.4 is 9.47 Å². The number of aromatic amines is 1. The van der Waals surface area contributed by atoms with Gasteiger partial charge in [-0.25, -0.2) is 0 Å². The van der Waals surface area contributed by atoms with Crippen molar-refractivity contribution >= 4 is 10.9 Å². The average molecular weight is 254 g/mol. The third-order valence-electron chi connectivity index (χ3n) is 3.13. The van der Waals surface area contributed by atoms with Gasteiger partial charge in [0.15, 0.2) is 0 Å². The molecule has 0 aliphatic carbocycles. The highest BCUT2D eigenvalue weighted by atomic mass is 16.5. The zero-order valence-electron chi connectivity index (χ0n) is 10.8. The first-order valence-corrected chi connectivity index (χ1v) is 5.99. The lowest BCUT2D eigenvalue weighted by atomic mass is 10.1. The van der Waals surface area contributed by atoms with Crippen LogP contribution in [0.2, 0.25) is 0 Å². The van der Waals surface area contributed by atoms with Crippen molar-refractivity contribution in [3.63, 3.8) is 0 Å². The number of nitrogens with one attached hydrogen (secondary N) is 1. The Hall–Kier alpha value is -2.49. The molecule has 0 amide bonds. The van der Waals surface area contributed by atoms with Crippen LogP contribution in [0.3, 0.4) is 0 Å². The molecule has 0 aliphatic rings. The molecule has 4 heteroatoms. The third-order valence-corrected chi connectivity index (χ3v) is 3.13. The van der Waals surface area contributed by atoms with Crippen LogP contribution in [-0.2, 0) is 0 Å². The van der Waals surface area contributed by atoms with E-state index in [9.17, 15) is 0 Å². The smallest absolute Gasteiger partial charge is 0.128 e. The molecular formula is C15H14N2O2. The number of ether oxygens (including phenoxy) is 2. The zero-order chi connectivity index (χ0) is 13.2. The summed E-state index contributed by atoms with van der Waals surface area (Å²) in [7, 11) is 3.30. The van der Waals surface area contributed by atoms with E-state index < -0.39 is 0 Å². The lowest BCUT2D eigenvalue weighted by Gasteiger charge is -2.08. The number of H-pyrrole nitrogens is 1. The average Bonchev–Trinajstić information content (AvgIpc) is 2.90. The standard InChI is InChI=1S/C15H14N2O2/c1-18-10-7-8-14(19-2)12(9-10)15-11-5-3-4-6-13(11)16-17-15/h3-9H,1-2H3,(H,16,17). The van der Waals surface area contributed by atoms with Crippen molar-refractivity contribution in [2.24, 2.45) is 0 Å². The van der Waals surface area contributed by atoms with Crippen LogP contribution in [0.15, 0.2) is 42.5 Å². The van der Waals surface area contributed by atoms with Crippen LogP contribution in [0, 0.1) is 0 Å². The summed E-state index contributed by atoms with van der Waals surface area (Å²) in [5.41, 5.74) is 2.79. The highest BCUT2D eigenvalue weighted by Crippen LogP contribution is 2.35. The largest absolute Gasteiger partial charge is 0.497 e. The van der Waals surface area contributed by atoms with E-state index in [1.54, 1.807) is 14.2 Å². The Morgan fingerprint density at radius 1 is 1.00 bits per heavy atom. The van der Waals surface area contributed by atoms with Crippen LogP contribution in [-0.4, -0.2) is 24.4 Å². The van der Waals surface area contributed by atoms with Gasteiger partial charge in [-0.15, -0.1) is 0 Å². The van der Waals surface area contributed by atoms with Gasteiger partial charge < -0.3 is 9.47 Å². The molecule has 0 spiro atoms. The molecular weight excluding hydrogens is 240 g/mol. The van der Waals surface area contributed by atoms with E-state index in [1.165, 1.54) is 0 Å². The Labute approximate surface area is 111 Å². The van der Waals surface area contributed by atoms with E-state index in [0.717, 1.165) is 33.7 Å². The molecule has 0 bridgehead atoms. The van der Waals surface area contributed by atoms with Crippen LogP contribution in [0.4, 0.5) is 0 Å². The molecule has 1 aromatic heterocycles. The second-order valence-electron chi connectivity index (χ2n) is 4.18. The first-order valence-electron chi connectivity index (χ1n) is 5.99. The quantitative estimate of drug-likeness (QED) is 0.780. The summed E-state index contributed by atoms with van der Waals surface area (Å²) in [5, 5.41) is 8.48. The molecule has 0 atom stereocenters. The molecule has 19 heavy (non-hydrogen) atoms. The van der Waals surface area contributed by atoms with Gasteiger partial charge in [0.2, 0.25) is 0 Å². The summed E-state index contributed by atoms with van der Waals surface area (Å²) in [6.07, 6.45) is 0. The summed E-state index contributed by atoms with van der Waals surface area (Å²) in [6.45, 7) is 0. The molecule has 0 fully saturated rings. The van der Waals surface area contributed by atoms with E-state index in [-0.39, 0.29) is 0 Å². The minimum Gasteiger partial charge on any atom is -0.497 e. The molecule has 4 nitrogen and oxygen atoms in total. The predicted octanol–water partition coefficient (Wildman–Crippen LogP) is 3.25. The molecule has 1 N–H and O–H groups in total. The number of nitrogens with zero attached hydrogens (tertiary/aromatic N) is 1. The number of fused-ring (bicyclic) bond motifs is 1. The van der Waals surface area contributed by atoms with Crippen molar-refractivity contribution in [3.8, 4) is 22.8 Å². The van der Waals surface area contributed by atoms with Crippen molar-refractivity contribution in [3.05, 3.63) is 42.5 Å². The topological polar surface area (TPSA) is 47.1 Å². The SMILES string of the molecule is COc1ccc(OC)c(-c2n[nH]c3ccccc23)c1. The third kappa shape index (κ3) is 1.91. The highest BCUT2D eigenvalue weighted by molar-refractivity contribution is 5.94. The van der Waals surface area contributed by atoms with Crippen LogP contribution >= 0.6 is 0 Å². The van der Waals surface area contributed by atoms with Gasteiger partial charge >= 0.3 is 0 Å². The number of rotatable bonds is 3. The summed E-state index contributed by atoms with van der Waals surface area (Å²) >= 11 is 0. The van der Waals surface area contributed by atoms with E-state index >= 15 is 0 Å². The van der Waals surface area contributed by atoms with Crippen LogP contribution in [0.1, 0.15) is 0 Å². The summed E-state index contributed by atoms with van der Waals surface area (Å²) < 4.78 is 10.7. The number of aromatic nitrogens is 2. The number of benzene rings is 2. The molecule has 0 unspecified atom stereocenters. The zero-order valence-corrected chi connectivity index (χ0v) is 10.8. The van der Waals surface area contributed by atoms with E-state index in [1.807, 2.05) is 42.5 Å². The first-order chi connectivity index (χ1) is 9.33. The lowest BCUT2D eigenvalue weighted by molar-refractivity contribution is 0.404. The predicted molar refractivity (Wildman–Crippen MR) is 74.6 cm³/mol. The van der Waals surface area contributed by atoms with Crippen molar-refractivity contribution in [1.82, 2.24) is 10.2 Å². The van der Waals surface area contributed by atoms with E-state index in [4.69, 9.17) is 9.47 Å². The maximum absolute atomic E-state index is 5.41. The Balaban J connectivity index is 2.25. The van der Waals surface area contributed by atoms with Gasteiger partial charge in [-0.1, -0.05) is 18.2 Å². The number of hydrogen-bond acceptors (Lipinski definition) is 3. The normalized spacial score (nSPS) is 10.6. The number of methoxy groups -OCH3 is 2. The maximum atomic E-state index is 5.41. The fourth-order valence-electron chi connectivity index (χ4n) is 2.17. The van der Waals surface area contributed by atoms with Gasteiger partial charge in [-0.3, -0.25) is 5.10 Å². The molecule has 0 radical (unpaired) electrons. The number of hydrogen-bond donors (Lipinski definition) is 1. The fourth-order valence-corrected chi connectivity index (χ4v) is 2.17. The Kier molecular flexibility index (Phi) is 2.83. The Bertz CT molecular complexity index is 719. The molecule has 3 aromatic rings. The van der Waals surface area contributed by atoms with Gasteiger partial charge in [0, 0.05) is 10.9 Å². The second kappa shape index (κ2) is 4.65. The molecule has 1 heterocycles. The summed E-state index contributed by atoms with van der Waals surface area (Å²) in [4.78, 5) is 0. The lowest BCUT2D eigenvalue weighted by Crippen LogP contribution is -1.90. The van der Waals surface area contributed by atoms with Gasteiger partial charge in [-0.2, -0.15) is 5.10 Å². The first kappa shape index (κ1) is 11.6. The van der Waals surface area contributed by atoms with Gasteiger partial charge in [0.05, 0.1) is 19.7 Å². The monoisotopic (exact) mass is 254 g/mol. The molecule has 2 aromatic carbocycles. The minimum atomic E-state index is 0.776. The fraction of sp³-hybridized carbons (Fsp3) is 0.133. The summed E-state index contributed by atoms with van der Waals surface area (Å²) in [5.74, 6) is 1.56. The molecule has 3 rings (SSSR count). The molecule has 0 saturated carbocycles. The molecule has 96 valence electrons. The Morgan fingerprint density at radius 3 is 2.63 bits per heavy atom. The molecule has 0 aliphatic heterocycles. The minimum absolute atomic E-state index is 0.776. The van der Waals surface area contributed by atoms with Crippen molar-refractivity contribution in [2.45, 2.75) is 0 Å². The van der Waals surface area contributed by atoms with Crippen LogP contribution in [0.25, 0.3) is 22.2 Å². The van der Waals surface area contributed by atoms with Crippen LogP contribution in [0.5, 0.6) is 11.5 Å².